The lowest BCUT2D eigenvalue weighted by molar-refractivity contribution is -0.146. The van der Waals surface area contributed by atoms with Crippen molar-refractivity contribution in [2.45, 2.75) is 32.1 Å². The maximum absolute atomic E-state index is 11.9. The molecule has 7 nitrogen and oxygen atoms in total. The number of carbonyl (C=O) groups excluding carboxylic acids is 1. The van der Waals surface area contributed by atoms with Crippen molar-refractivity contribution in [1.29, 1.82) is 0 Å². The number of hydrogen-bond donors (Lipinski definition) is 3. The van der Waals surface area contributed by atoms with Gasteiger partial charge in [-0.3, -0.25) is 9.59 Å². The number of pyridine rings is 1. The third-order valence-electron chi connectivity index (χ3n) is 4.89. The van der Waals surface area contributed by atoms with Gasteiger partial charge in [0.15, 0.2) is 0 Å². The van der Waals surface area contributed by atoms with Crippen molar-refractivity contribution in [2.24, 2.45) is 5.92 Å². The molecular weight excluding hydrogens is 320 g/mol. The summed E-state index contributed by atoms with van der Waals surface area (Å²) in [5.41, 5.74) is 2.38. The standard InChI is InChI=1S/C18H26N4O3/c23-16-10-13(6-9-22(16)12-17(24)25)11-19-8-5-15-4-3-14-2-1-7-20-18(14)21-15/h3-4,13,19H,1-2,5-12H2,(H,20,21)(H,24,25). The zero-order valence-corrected chi connectivity index (χ0v) is 14.5. The highest BCUT2D eigenvalue weighted by atomic mass is 16.4. The zero-order valence-electron chi connectivity index (χ0n) is 14.5. The lowest BCUT2D eigenvalue weighted by Crippen LogP contribution is -2.43. The van der Waals surface area contributed by atoms with Crippen LogP contribution in [0.5, 0.6) is 0 Å². The first-order valence-electron chi connectivity index (χ1n) is 9.05. The second-order valence-corrected chi connectivity index (χ2v) is 6.86. The molecule has 1 atom stereocenters. The number of carboxylic acid groups (broad SMARTS) is 1. The Bertz CT molecular complexity index is 635. The van der Waals surface area contributed by atoms with Gasteiger partial charge in [-0.1, -0.05) is 6.07 Å². The van der Waals surface area contributed by atoms with Crippen molar-refractivity contribution in [3.63, 3.8) is 0 Å². The smallest absolute Gasteiger partial charge is 0.323 e. The van der Waals surface area contributed by atoms with Crippen LogP contribution in [0.2, 0.25) is 0 Å². The lowest BCUT2D eigenvalue weighted by Gasteiger charge is -2.30. The molecule has 1 aromatic rings. The van der Waals surface area contributed by atoms with Crippen LogP contribution in [0.15, 0.2) is 12.1 Å². The summed E-state index contributed by atoms with van der Waals surface area (Å²) in [6, 6.07) is 4.27. The summed E-state index contributed by atoms with van der Waals surface area (Å²) in [6.45, 7) is 2.97. The minimum atomic E-state index is -0.947. The first-order chi connectivity index (χ1) is 12.1. The van der Waals surface area contributed by atoms with E-state index < -0.39 is 5.97 Å². The fourth-order valence-corrected chi connectivity index (χ4v) is 3.48. The van der Waals surface area contributed by atoms with E-state index in [1.165, 1.54) is 16.9 Å². The second-order valence-electron chi connectivity index (χ2n) is 6.86. The highest BCUT2D eigenvalue weighted by molar-refractivity contribution is 5.82. The highest BCUT2D eigenvalue weighted by Gasteiger charge is 2.26. The molecule has 3 rings (SSSR count). The van der Waals surface area contributed by atoms with Crippen molar-refractivity contribution in [1.82, 2.24) is 15.2 Å². The number of likely N-dealkylation sites (tertiary alicyclic amines) is 1. The maximum Gasteiger partial charge on any atom is 0.323 e. The van der Waals surface area contributed by atoms with Crippen LogP contribution in [0.25, 0.3) is 0 Å². The number of carboxylic acids is 1. The number of anilines is 1. The average Bonchev–Trinajstić information content (AvgIpc) is 2.60. The third-order valence-corrected chi connectivity index (χ3v) is 4.89. The molecule has 0 saturated carbocycles. The number of aromatic nitrogens is 1. The van der Waals surface area contributed by atoms with E-state index in [-0.39, 0.29) is 18.4 Å². The lowest BCUT2D eigenvalue weighted by atomic mass is 9.96. The van der Waals surface area contributed by atoms with Gasteiger partial charge in [0.1, 0.15) is 12.4 Å². The monoisotopic (exact) mass is 346 g/mol. The molecule has 1 fully saturated rings. The number of rotatable bonds is 7. The van der Waals surface area contributed by atoms with Gasteiger partial charge in [-0.15, -0.1) is 0 Å². The van der Waals surface area contributed by atoms with Crippen LogP contribution >= 0.6 is 0 Å². The van der Waals surface area contributed by atoms with E-state index in [4.69, 9.17) is 5.11 Å². The molecule has 1 aromatic heterocycles. The van der Waals surface area contributed by atoms with Crippen molar-refractivity contribution in [3.05, 3.63) is 23.4 Å². The van der Waals surface area contributed by atoms with Gasteiger partial charge >= 0.3 is 5.97 Å². The minimum absolute atomic E-state index is 0.0529. The summed E-state index contributed by atoms with van der Waals surface area (Å²) < 4.78 is 0. The van der Waals surface area contributed by atoms with Crippen LogP contribution < -0.4 is 10.6 Å². The molecule has 3 N–H and O–H groups in total. The number of amides is 1. The minimum Gasteiger partial charge on any atom is -0.480 e. The number of fused-ring (bicyclic) bond motifs is 1. The molecule has 2 aliphatic rings. The molecule has 0 spiro atoms. The average molecular weight is 346 g/mol. The van der Waals surface area contributed by atoms with Gasteiger partial charge in [-0.2, -0.15) is 0 Å². The van der Waals surface area contributed by atoms with E-state index in [1.807, 2.05) is 0 Å². The molecule has 3 heterocycles. The molecule has 25 heavy (non-hydrogen) atoms. The quantitative estimate of drug-likeness (QED) is 0.635. The van der Waals surface area contributed by atoms with Crippen LogP contribution in [-0.2, 0) is 22.4 Å². The Labute approximate surface area is 147 Å². The maximum atomic E-state index is 11.9. The number of aliphatic carboxylic acids is 1. The van der Waals surface area contributed by atoms with Crippen molar-refractivity contribution in [3.8, 4) is 0 Å². The van der Waals surface area contributed by atoms with Gasteiger partial charge in [0.05, 0.1) is 0 Å². The SMILES string of the molecule is O=C(O)CN1CCC(CNCCc2ccc3c(n2)NCCC3)CC1=O. The normalized spacial score (nSPS) is 20.1. The second kappa shape index (κ2) is 8.29. The molecule has 1 amide bonds. The van der Waals surface area contributed by atoms with E-state index in [1.54, 1.807) is 0 Å². The summed E-state index contributed by atoms with van der Waals surface area (Å²) >= 11 is 0. The number of aryl methyl sites for hydroxylation is 1. The Hall–Kier alpha value is -2.15. The molecule has 1 saturated heterocycles. The fourth-order valence-electron chi connectivity index (χ4n) is 3.48. The number of nitrogens with one attached hydrogen (secondary N) is 2. The Morgan fingerprint density at radius 3 is 3.12 bits per heavy atom. The van der Waals surface area contributed by atoms with Crippen LogP contribution in [0, 0.1) is 5.92 Å². The van der Waals surface area contributed by atoms with Gasteiger partial charge in [-0.05, 0) is 43.4 Å². The van der Waals surface area contributed by atoms with E-state index >= 15 is 0 Å². The highest BCUT2D eigenvalue weighted by Crippen LogP contribution is 2.20. The molecule has 0 bridgehead atoms. The Balaban J connectivity index is 1.38. The first kappa shape index (κ1) is 17.7. The van der Waals surface area contributed by atoms with Crippen LogP contribution in [0.1, 0.15) is 30.5 Å². The van der Waals surface area contributed by atoms with E-state index in [9.17, 15) is 9.59 Å². The summed E-state index contributed by atoms with van der Waals surface area (Å²) in [6.07, 6.45) is 4.41. The number of carbonyl (C=O) groups is 2. The molecule has 136 valence electrons. The van der Waals surface area contributed by atoms with Crippen molar-refractivity contribution in [2.75, 3.05) is 38.0 Å². The molecule has 0 aliphatic carbocycles. The Kier molecular flexibility index (Phi) is 5.86. The molecule has 1 unspecified atom stereocenters. The van der Waals surface area contributed by atoms with Gasteiger partial charge < -0.3 is 20.6 Å². The zero-order chi connectivity index (χ0) is 17.6. The molecular formula is C18H26N4O3. The predicted molar refractivity (Wildman–Crippen MR) is 94.6 cm³/mol. The number of piperidine rings is 1. The van der Waals surface area contributed by atoms with E-state index in [0.29, 0.717) is 13.0 Å². The van der Waals surface area contributed by atoms with Crippen LogP contribution in [-0.4, -0.2) is 59.6 Å². The van der Waals surface area contributed by atoms with Gasteiger partial charge in [0.25, 0.3) is 0 Å². The van der Waals surface area contributed by atoms with Crippen molar-refractivity contribution < 1.29 is 14.7 Å². The topological polar surface area (TPSA) is 94.6 Å². The summed E-state index contributed by atoms with van der Waals surface area (Å²) in [4.78, 5) is 28.8. The van der Waals surface area contributed by atoms with Gasteiger partial charge in [0, 0.05) is 38.2 Å². The number of nitrogens with zero attached hydrogens (tertiary/aromatic N) is 2. The van der Waals surface area contributed by atoms with Gasteiger partial charge in [-0.25, -0.2) is 4.98 Å². The fraction of sp³-hybridized carbons (Fsp3) is 0.611. The summed E-state index contributed by atoms with van der Waals surface area (Å²) in [5.74, 6) is 0.315. The molecule has 2 aliphatic heterocycles. The van der Waals surface area contributed by atoms with Crippen LogP contribution in [0.4, 0.5) is 5.82 Å². The summed E-state index contributed by atoms with van der Waals surface area (Å²) in [5, 5.41) is 15.6. The third kappa shape index (κ3) is 4.92. The first-order valence-corrected chi connectivity index (χ1v) is 9.05. The van der Waals surface area contributed by atoms with Crippen molar-refractivity contribution >= 4 is 17.7 Å². The predicted octanol–water partition coefficient (Wildman–Crippen LogP) is 0.895. The molecule has 0 radical (unpaired) electrons. The largest absolute Gasteiger partial charge is 0.480 e. The van der Waals surface area contributed by atoms with Gasteiger partial charge in [0.2, 0.25) is 5.91 Å². The van der Waals surface area contributed by atoms with Crippen LogP contribution in [0.3, 0.4) is 0 Å². The number of hydrogen-bond acceptors (Lipinski definition) is 5. The van der Waals surface area contributed by atoms with E-state index in [0.717, 1.165) is 50.4 Å². The summed E-state index contributed by atoms with van der Waals surface area (Å²) in [7, 11) is 0. The Morgan fingerprint density at radius 2 is 2.32 bits per heavy atom. The van der Waals surface area contributed by atoms with E-state index in [2.05, 4.69) is 27.8 Å². The Morgan fingerprint density at radius 1 is 1.44 bits per heavy atom. The molecule has 7 heteroatoms. The molecule has 0 aromatic carbocycles.